The summed E-state index contributed by atoms with van der Waals surface area (Å²) in [5, 5.41) is 2.89. The summed E-state index contributed by atoms with van der Waals surface area (Å²) in [6.45, 7) is 3.28. The van der Waals surface area contributed by atoms with Gasteiger partial charge in [-0.1, -0.05) is 31.2 Å². The molecule has 2 aromatic carbocycles. The summed E-state index contributed by atoms with van der Waals surface area (Å²) >= 11 is 0. The molecule has 2 unspecified atom stereocenters. The van der Waals surface area contributed by atoms with Crippen molar-refractivity contribution in [3.05, 3.63) is 64.7 Å². The van der Waals surface area contributed by atoms with Gasteiger partial charge in [0.1, 0.15) is 6.04 Å². The van der Waals surface area contributed by atoms with E-state index in [9.17, 15) is 26.4 Å². The van der Waals surface area contributed by atoms with Crippen molar-refractivity contribution in [3.63, 3.8) is 0 Å². The van der Waals surface area contributed by atoms with Crippen molar-refractivity contribution in [3.8, 4) is 0 Å². The molecule has 0 fully saturated rings. The molecule has 0 radical (unpaired) electrons. The molecule has 2 aromatic rings. The van der Waals surface area contributed by atoms with E-state index in [4.69, 9.17) is 0 Å². The smallest absolute Gasteiger partial charge is 0.347 e. The predicted molar refractivity (Wildman–Crippen MR) is 122 cm³/mol. The number of hydrogen-bond acceptors (Lipinski definition) is 3. The topological polar surface area (TPSA) is 66.5 Å². The van der Waals surface area contributed by atoms with Crippen LogP contribution >= 0.6 is 0 Å². The zero-order valence-corrected chi connectivity index (χ0v) is 19.8. The number of nitrogens with one attached hydrogen (secondary N) is 1. The zero-order valence-electron chi connectivity index (χ0n) is 18.9. The van der Waals surface area contributed by atoms with E-state index >= 15 is 0 Å². The van der Waals surface area contributed by atoms with E-state index in [0.29, 0.717) is 6.42 Å². The van der Waals surface area contributed by atoms with Crippen LogP contribution in [-0.4, -0.2) is 26.6 Å². The molecule has 180 valence electrons. The van der Waals surface area contributed by atoms with Gasteiger partial charge in [0.25, 0.3) is 0 Å². The fourth-order valence-electron chi connectivity index (χ4n) is 4.31. The predicted octanol–water partition coefficient (Wildman–Crippen LogP) is 5.01. The molecular weight excluding hydrogens is 453 g/mol. The van der Waals surface area contributed by atoms with Crippen molar-refractivity contribution in [2.24, 2.45) is 0 Å². The van der Waals surface area contributed by atoms with E-state index in [-0.39, 0.29) is 11.7 Å². The molecule has 2 atom stereocenters. The van der Waals surface area contributed by atoms with E-state index in [0.717, 1.165) is 60.0 Å². The third-order valence-corrected chi connectivity index (χ3v) is 7.26. The molecule has 0 aromatic heterocycles. The number of fused-ring (bicyclic) bond motifs is 1. The molecule has 3 rings (SSSR count). The van der Waals surface area contributed by atoms with Crippen LogP contribution in [0.3, 0.4) is 0 Å². The number of halogens is 3. The molecule has 1 N–H and O–H groups in total. The average molecular weight is 483 g/mol. The fraction of sp³-hybridized carbons (Fsp3) is 0.458. The second kappa shape index (κ2) is 9.75. The molecule has 5 nitrogen and oxygen atoms in total. The molecule has 1 aliphatic rings. The Balaban J connectivity index is 1.86. The van der Waals surface area contributed by atoms with Crippen molar-refractivity contribution in [2.45, 2.75) is 64.2 Å². The highest BCUT2D eigenvalue weighted by Gasteiger charge is 2.34. The highest BCUT2D eigenvalue weighted by atomic mass is 32.2. The summed E-state index contributed by atoms with van der Waals surface area (Å²) in [4.78, 5) is 13.1. The first kappa shape index (κ1) is 25.1. The summed E-state index contributed by atoms with van der Waals surface area (Å²) in [6.07, 6.45) is 1.13. The van der Waals surface area contributed by atoms with Gasteiger partial charge >= 0.3 is 6.18 Å². The maximum absolute atomic E-state index is 13.2. The lowest BCUT2D eigenvalue weighted by Crippen LogP contribution is -2.48. The number of aryl methyl sites for hydroxylation is 2. The number of carbonyl (C=O) groups is 1. The lowest BCUT2D eigenvalue weighted by molar-refractivity contribution is -0.137. The summed E-state index contributed by atoms with van der Waals surface area (Å²) in [7, 11) is -4.04. The van der Waals surface area contributed by atoms with Crippen molar-refractivity contribution in [2.75, 3.05) is 10.6 Å². The van der Waals surface area contributed by atoms with Gasteiger partial charge < -0.3 is 5.32 Å². The molecule has 0 spiro atoms. The molecule has 1 aliphatic carbocycles. The average Bonchev–Trinajstić information content (AvgIpc) is 2.75. The molecule has 33 heavy (non-hydrogen) atoms. The number of sulfonamides is 1. The maximum atomic E-state index is 13.2. The molecule has 1 amide bonds. The molecule has 0 heterocycles. The Hall–Kier alpha value is -2.55. The highest BCUT2D eigenvalue weighted by molar-refractivity contribution is 7.92. The minimum absolute atomic E-state index is 0.211. The van der Waals surface area contributed by atoms with Crippen LogP contribution in [0.15, 0.2) is 42.5 Å². The Labute approximate surface area is 193 Å². The van der Waals surface area contributed by atoms with Gasteiger partial charge in [-0.25, -0.2) is 8.42 Å². The summed E-state index contributed by atoms with van der Waals surface area (Å²) in [5.41, 5.74) is 2.32. The zero-order chi connectivity index (χ0) is 24.4. The number of rotatable bonds is 7. The Morgan fingerprint density at radius 3 is 2.36 bits per heavy atom. The van der Waals surface area contributed by atoms with Gasteiger partial charge in [-0.2, -0.15) is 13.2 Å². The number of carbonyl (C=O) groups excluding carboxylic acids is 1. The lowest BCUT2D eigenvalue weighted by Gasteiger charge is -2.30. The third-order valence-electron chi connectivity index (χ3n) is 6.02. The van der Waals surface area contributed by atoms with Gasteiger partial charge in [0.2, 0.25) is 15.9 Å². The Morgan fingerprint density at radius 1 is 1.09 bits per heavy atom. The Morgan fingerprint density at radius 2 is 1.76 bits per heavy atom. The summed E-state index contributed by atoms with van der Waals surface area (Å²) < 4.78 is 65.2. The number of alkyl halides is 3. The maximum Gasteiger partial charge on any atom is 0.416 e. The first-order valence-electron chi connectivity index (χ1n) is 11.0. The Kier molecular flexibility index (Phi) is 7.41. The van der Waals surface area contributed by atoms with Gasteiger partial charge in [0.05, 0.1) is 23.5 Å². The standard InChI is InChI=1S/C24H29F3N2O3S/c1-4-22(19-13-12-17-8-5-6-9-18(17)14-19)28-23(30)16(2)29(33(3,31)32)21-11-7-10-20(15-21)24(25,26)27/h7,10-16,22H,4-6,8-9H2,1-3H3,(H,28,30). The summed E-state index contributed by atoms with van der Waals surface area (Å²) in [5.74, 6) is -0.581. The largest absolute Gasteiger partial charge is 0.416 e. The molecule has 9 heteroatoms. The summed E-state index contributed by atoms with van der Waals surface area (Å²) in [6, 6.07) is 8.55. The normalized spacial score (nSPS) is 15.9. The lowest BCUT2D eigenvalue weighted by atomic mass is 9.88. The van der Waals surface area contributed by atoms with Crippen LogP contribution in [0.4, 0.5) is 18.9 Å². The molecular formula is C24H29F3N2O3S. The van der Waals surface area contributed by atoms with Crippen LogP contribution in [0, 0.1) is 0 Å². The van der Waals surface area contributed by atoms with Crippen LogP contribution in [0.2, 0.25) is 0 Å². The Bertz CT molecular complexity index is 1120. The van der Waals surface area contributed by atoms with E-state index in [2.05, 4.69) is 17.4 Å². The second-order valence-electron chi connectivity index (χ2n) is 8.49. The monoisotopic (exact) mass is 482 g/mol. The van der Waals surface area contributed by atoms with Crippen molar-refractivity contribution >= 4 is 21.6 Å². The number of anilines is 1. The van der Waals surface area contributed by atoms with Crippen molar-refractivity contribution in [1.82, 2.24) is 5.32 Å². The molecule has 0 bridgehead atoms. The van der Waals surface area contributed by atoms with Crippen LogP contribution in [0.1, 0.15) is 61.4 Å². The quantitative estimate of drug-likeness (QED) is 0.604. The van der Waals surface area contributed by atoms with E-state index in [1.807, 2.05) is 13.0 Å². The molecule has 0 saturated carbocycles. The first-order valence-corrected chi connectivity index (χ1v) is 12.9. The number of amides is 1. The minimum Gasteiger partial charge on any atom is -0.347 e. The van der Waals surface area contributed by atoms with Crippen LogP contribution < -0.4 is 9.62 Å². The fourth-order valence-corrected chi connectivity index (χ4v) is 5.48. The second-order valence-corrected chi connectivity index (χ2v) is 10.3. The number of benzene rings is 2. The van der Waals surface area contributed by atoms with Crippen LogP contribution in [-0.2, 0) is 33.8 Å². The highest BCUT2D eigenvalue weighted by Crippen LogP contribution is 2.33. The minimum atomic E-state index is -4.63. The van der Waals surface area contributed by atoms with Gasteiger partial charge in [-0.05, 0) is 73.9 Å². The first-order chi connectivity index (χ1) is 15.4. The molecule has 0 aliphatic heterocycles. The van der Waals surface area contributed by atoms with Crippen molar-refractivity contribution < 1.29 is 26.4 Å². The van der Waals surface area contributed by atoms with Gasteiger partial charge in [-0.3, -0.25) is 9.10 Å². The molecule has 0 saturated heterocycles. The third kappa shape index (κ3) is 5.88. The number of nitrogens with zero attached hydrogens (tertiary/aromatic N) is 1. The van der Waals surface area contributed by atoms with Crippen LogP contribution in [0.25, 0.3) is 0 Å². The van der Waals surface area contributed by atoms with E-state index < -0.39 is 33.7 Å². The van der Waals surface area contributed by atoms with Crippen molar-refractivity contribution in [1.29, 1.82) is 0 Å². The van der Waals surface area contributed by atoms with Gasteiger partial charge in [-0.15, -0.1) is 0 Å². The van der Waals surface area contributed by atoms with E-state index in [1.54, 1.807) is 0 Å². The van der Waals surface area contributed by atoms with Crippen LogP contribution in [0.5, 0.6) is 0 Å². The number of hydrogen-bond donors (Lipinski definition) is 1. The van der Waals surface area contributed by atoms with E-state index in [1.165, 1.54) is 24.1 Å². The SMILES string of the molecule is CCC(NC(=O)C(C)N(c1cccc(C(F)(F)F)c1)S(C)(=O)=O)c1ccc2c(c1)CCCC2. The van der Waals surface area contributed by atoms with Gasteiger partial charge in [0, 0.05) is 0 Å². The van der Waals surface area contributed by atoms with Gasteiger partial charge in [0.15, 0.2) is 0 Å².